The molecule has 10 rings (SSSR count). The van der Waals surface area contributed by atoms with Gasteiger partial charge in [0, 0.05) is 37.3 Å². The van der Waals surface area contributed by atoms with Crippen LogP contribution in [0.4, 0.5) is 0 Å². The zero-order valence-corrected chi connectivity index (χ0v) is 26.0. The number of hydrogen-bond acceptors (Lipinski definition) is 1. The molecule has 9 aromatic rings. The molecule has 212 valence electrons. The van der Waals surface area contributed by atoms with E-state index in [1.54, 1.807) is 0 Å². The minimum atomic E-state index is -0.0276. The molecule has 2 heteroatoms. The molecule has 1 aliphatic rings. The first kappa shape index (κ1) is 25.2. The molecule has 0 saturated carbocycles. The Morgan fingerprint density at radius 1 is 0.511 bits per heavy atom. The van der Waals surface area contributed by atoms with Crippen molar-refractivity contribution in [3.63, 3.8) is 0 Å². The predicted molar refractivity (Wildman–Crippen MR) is 194 cm³/mol. The standard InChI is InChI=1S/C43H29NS/c1-43(2)35-19-8-5-14-29(35)30-23-22-27(25-36(30)43)26-12-11-13-28(24-26)44-37-20-9-6-17-33(37)39-31-15-3-4-16-32(31)40-34-18-7-10-21-38(34)45-42(40)41(39)44/h3-25H,1-2H3. The first-order valence-electron chi connectivity index (χ1n) is 15.7. The Kier molecular flexibility index (Phi) is 5.00. The van der Waals surface area contributed by atoms with Crippen molar-refractivity contribution in [3.8, 4) is 27.9 Å². The van der Waals surface area contributed by atoms with Crippen LogP contribution in [0.25, 0.3) is 80.7 Å². The number of fused-ring (bicyclic) bond motifs is 13. The third-order valence-electron chi connectivity index (χ3n) is 10.2. The zero-order chi connectivity index (χ0) is 29.9. The molecule has 0 fully saturated rings. The van der Waals surface area contributed by atoms with Crippen molar-refractivity contribution in [2.45, 2.75) is 19.3 Å². The maximum Gasteiger partial charge on any atom is 0.0726 e. The summed E-state index contributed by atoms with van der Waals surface area (Å²) >= 11 is 1.92. The lowest BCUT2D eigenvalue weighted by Gasteiger charge is -2.22. The Labute approximate surface area is 265 Å². The minimum absolute atomic E-state index is 0.0276. The van der Waals surface area contributed by atoms with Crippen LogP contribution in [-0.2, 0) is 5.41 Å². The van der Waals surface area contributed by atoms with Gasteiger partial charge in [-0.25, -0.2) is 0 Å². The molecule has 7 aromatic carbocycles. The summed E-state index contributed by atoms with van der Waals surface area (Å²) in [5, 5.41) is 7.97. The fourth-order valence-corrected chi connectivity index (χ4v) is 9.36. The van der Waals surface area contributed by atoms with E-state index < -0.39 is 0 Å². The second-order valence-electron chi connectivity index (χ2n) is 12.9. The van der Waals surface area contributed by atoms with Gasteiger partial charge in [0.2, 0.25) is 0 Å². The van der Waals surface area contributed by atoms with Crippen LogP contribution in [0.3, 0.4) is 0 Å². The van der Waals surface area contributed by atoms with E-state index in [-0.39, 0.29) is 5.41 Å². The lowest BCUT2D eigenvalue weighted by Crippen LogP contribution is -2.14. The first-order chi connectivity index (χ1) is 22.1. The monoisotopic (exact) mass is 591 g/mol. The second kappa shape index (κ2) is 8.94. The lowest BCUT2D eigenvalue weighted by molar-refractivity contribution is 0.660. The van der Waals surface area contributed by atoms with Crippen molar-refractivity contribution >= 4 is 64.1 Å². The van der Waals surface area contributed by atoms with Gasteiger partial charge in [-0.1, -0.05) is 123 Å². The van der Waals surface area contributed by atoms with Crippen molar-refractivity contribution in [2.24, 2.45) is 0 Å². The van der Waals surface area contributed by atoms with Crippen LogP contribution in [0.5, 0.6) is 0 Å². The van der Waals surface area contributed by atoms with E-state index in [2.05, 4.69) is 158 Å². The van der Waals surface area contributed by atoms with Crippen molar-refractivity contribution in [2.75, 3.05) is 0 Å². The average molecular weight is 592 g/mol. The molecule has 0 spiro atoms. The van der Waals surface area contributed by atoms with Gasteiger partial charge in [0.15, 0.2) is 0 Å². The normalized spacial score (nSPS) is 13.7. The maximum absolute atomic E-state index is 2.52. The van der Waals surface area contributed by atoms with Gasteiger partial charge in [0.25, 0.3) is 0 Å². The van der Waals surface area contributed by atoms with Crippen LogP contribution >= 0.6 is 11.3 Å². The third-order valence-corrected chi connectivity index (χ3v) is 11.3. The van der Waals surface area contributed by atoms with Crippen molar-refractivity contribution in [1.29, 1.82) is 0 Å². The van der Waals surface area contributed by atoms with E-state index in [0.717, 1.165) is 0 Å². The van der Waals surface area contributed by atoms with Crippen molar-refractivity contribution < 1.29 is 0 Å². The van der Waals surface area contributed by atoms with Crippen LogP contribution in [-0.4, -0.2) is 4.57 Å². The lowest BCUT2D eigenvalue weighted by atomic mass is 9.81. The SMILES string of the molecule is CC1(C)c2ccccc2-c2ccc(-c3cccc(-n4c5ccccc5c5c6ccccc6c6c7ccccc7sc6c54)c3)cc21. The highest BCUT2D eigenvalue weighted by molar-refractivity contribution is 7.27. The smallest absolute Gasteiger partial charge is 0.0726 e. The van der Waals surface area contributed by atoms with E-state index in [9.17, 15) is 0 Å². The summed E-state index contributed by atoms with van der Waals surface area (Å²) in [6.07, 6.45) is 0. The van der Waals surface area contributed by atoms with Crippen molar-refractivity contribution in [3.05, 3.63) is 151 Å². The highest BCUT2D eigenvalue weighted by Crippen LogP contribution is 2.50. The van der Waals surface area contributed by atoms with Crippen molar-refractivity contribution in [1.82, 2.24) is 4.57 Å². The van der Waals surface area contributed by atoms with E-state index in [0.29, 0.717) is 0 Å². The molecule has 2 aromatic heterocycles. The summed E-state index contributed by atoms with van der Waals surface area (Å²) in [7, 11) is 0. The minimum Gasteiger partial charge on any atom is -0.308 e. The fraction of sp³-hybridized carbons (Fsp3) is 0.0698. The van der Waals surface area contributed by atoms with Crippen LogP contribution in [0.1, 0.15) is 25.0 Å². The van der Waals surface area contributed by atoms with Crippen LogP contribution in [0.2, 0.25) is 0 Å². The molecule has 0 radical (unpaired) electrons. The predicted octanol–water partition coefficient (Wildman–Crippen LogP) is 12.3. The number of hydrogen-bond donors (Lipinski definition) is 0. The highest BCUT2D eigenvalue weighted by Gasteiger charge is 2.35. The van der Waals surface area contributed by atoms with E-state index in [1.807, 2.05) is 11.3 Å². The number of rotatable bonds is 2. The van der Waals surface area contributed by atoms with Gasteiger partial charge in [0.05, 0.1) is 15.7 Å². The van der Waals surface area contributed by atoms with E-state index >= 15 is 0 Å². The van der Waals surface area contributed by atoms with Gasteiger partial charge in [-0.15, -0.1) is 11.3 Å². The number of aromatic nitrogens is 1. The third kappa shape index (κ3) is 3.32. The largest absolute Gasteiger partial charge is 0.308 e. The van der Waals surface area contributed by atoms with E-state index in [1.165, 1.54) is 91.8 Å². The molecule has 0 N–H and O–H groups in total. The van der Waals surface area contributed by atoms with Crippen LogP contribution in [0, 0.1) is 0 Å². The second-order valence-corrected chi connectivity index (χ2v) is 14.0. The summed E-state index contributed by atoms with van der Waals surface area (Å²) < 4.78 is 5.20. The van der Waals surface area contributed by atoms with Gasteiger partial charge in [-0.05, 0) is 74.5 Å². The number of benzene rings is 7. The van der Waals surface area contributed by atoms with Gasteiger partial charge in [-0.2, -0.15) is 0 Å². The fourth-order valence-electron chi connectivity index (χ4n) is 8.10. The molecule has 0 bridgehead atoms. The zero-order valence-electron chi connectivity index (χ0n) is 25.1. The molecule has 45 heavy (non-hydrogen) atoms. The summed E-state index contributed by atoms with van der Waals surface area (Å²) in [5.41, 5.74) is 11.7. The number of nitrogens with zero attached hydrogens (tertiary/aromatic N) is 1. The van der Waals surface area contributed by atoms with Gasteiger partial charge in [-0.3, -0.25) is 0 Å². The molecule has 1 nitrogen and oxygen atoms in total. The molecular formula is C43H29NS. The highest BCUT2D eigenvalue weighted by atomic mass is 32.1. The van der Waals surface area contributed by atoms with Crippen LogP contribution < -0.4 is 0 Å². The average Bonchev–Trinajstić information content (AvgIpc) is 3.72. The summed E-state index contributed by atoms with van der Waals surface area (Å²) in [4.78, 5) is 0. The molecule has 0 saturated heterocycles. The molecule has 0 atom stereocenters. The molecule has 0 amide bonds. The Hall–Kier alpha value is -5.18. The Morgan fingerprint density at radius 2 is 1.18 bits per heavy atom. The molecule has 0 aliphatic heterocycles. The Morgan fingerprint density at radius 3 is 2.04 bits per heavy atom. The molecular weight excluding hydrogens is 563 g/mol. The number of thiophene rings is 1. The summed E-state index contributed by atoms with van der Waals surface area (Å²) in [6, 6.07) is 51.9. The van der Waals surface area contributed by atoms with E-state index in [4.69, 9.17) is 0 Å². The molecule has 2 heterocycles. The number of para-hydroxylation sites is 1. The summed E-state index contributed by atoms with van der Waals surface area (Å²) in [5.74, 6) is 0. The summed E-state index contributed by atoms with van der Waals surface area (Å²) in [6.45, 7) is 4.72. The Balaban J connectivity index is 1.27. The topological polar surface area (TPSA) is 4.93 Å². The maximum atomic E-state index is 2.52. The van der Waals surface area contributed by atoms with Gasteiger partial charge < -0.3 is 4.57 Å². The van der Waals surface area contributed by atoms with Gasteiger partial charge >= 0.3 is 0 Å². The van der Waals surface area contributed by atoms with Crippen LogP contribution in [0.15, 0.2) is 140 Å². The quantitative estimate of drug-likeness (QED) is 0.188. The van der Waals surface area contributed by atoms with Gasteiger partial charge in [0.1, 0.15) is 0 Å². The Bertz CT molecular complexity index is 2680. The molecule has 1 aliphatic carbocycles. The first-order valence-corrected chi connectivity index (χ1v) is 16.5. The molecule has 0 unspecified atom stereocenters.